The van der Waals surface area contributed by atoms with Crippen molar-refractivity contribution in [3.05, 3.63) is 35.4 Å². The van der Waals surface area contributed by atoms with Crippen LogP contribution in [0.2, 0.25) is 0 Å². The molecule has 0 bridgehead atoms. The van der Waals surface area contributed by atoms with Crippen molar-refractivity contribution >= 4 is 11.9 Å². The lowest BCUT2D eigenvalue weighted by molar-refractivity contribution is -0.147. The minimum atomic E-state index is -4.44. The fourth-order valence-corrected chi connectivity index (χ4v) is 2.03. The van der Waals surface area contributed by atoms with Crippen molar-refractivity contribution in [2.75, 3.05) is 20.3 Å². The van der Waals surface area contributed by atoms with Gasteiger partial charge < -0.3 is 14.7 Å². The van der Waals surface area contributed by atoms with Gasteiger partial charge in [0.1, 0.15) is 6.54 Å². The highest BCUT2D eigenvalue weighted by Gasteiger charge is 2.30. The SMILES string of the molecule is COCC(C)C(=O)N(CC(=O)O)Cc1ccc(C(F)(F)F)cc1. The number of carboxylic acid groups (broad SMARTS) is 1. The van der Waals surface area contributed by atoms with Gasteiger partial charge in [-0.3, -0.25) is 9.59 Å². The molecule has 0 radical (unpaired) electrons. The summed E-state index contributed by atoms with van der Waals surface area (Å²) >= 11 is 0. The molecule has 8 heteroatoms. The summed E-state index contributed by atoms with van der Waals surface area (Å²) in [6, 6.07) is 4.26. The first-order valence-electron chi connectivity index (χ1n) is 6.80. The quantitative estimate of drug-likeness (QED) is 0.832. The minimum Gasteiger partial charge on any atom is -0.480 e. The maximum Gasteiger partial charge on any atom is 0.416 e. The van der Waals surface area contributed by atoms with E-state index in [-0.39, 0.29) is 13.2 Å². The maximum absolute atomic E-state index is 12.5. The molecular weight excluding hydrogens is 315 g/mol. The first-order chi connectivity index (χ1) is 10.6. The van der Waals surface area contributed by atoms with Crippen molar-refractivity contribution in [2.24, 2.45) is 5.92 Å². The summed E-state index contributed by atoms with van der Waals surface area (Å²) in [6.45, 7) is 1.10. The summed E-state index contributed by atoms with van der Waals surface area (Å²) in [6.07, 6.45) is -4.44. The number of halogens is 3. The first-order valence-corrected chi connectivity index (χ1v) is 6.80. The second-order valence-corrected chi connectivity index (χ2v) is 5.14. The van der Waals surface area contributed by atoms with Crippen molar-refractivity contribution < 1.29 is 32.6 Å². The van der Waals surface area contributed by atoms with Gasteiger partial charge in [0.05, 0.1) is 18.1 Å². The second-order valence-electron chi connectivity index (χ2n) is 5.14. The molecule has 0 fully saturated rings. The van der Waals surface area contributed by atoms with Gasteiger partial charge in [0.2, 0.25) is 5.91 Å². The number of methoxy groups -OCH3 is 1. The van der Waals surface area contributed by atoms with Crippen LogP contribution in [0.5, 0.6) is 0 Å². The zero-order chi connectivity index (χ0) is 17.6. The van der Waals surface area contributed by atoms with Gasteiger partial charge in [0.25, 0.3) is 0 Å². The van der Waals surface area contributed by atoms with Gasteiger partial charge in [-0.05, 0) is 17.7 Å². The minimum absolute atomic E-state index is 0.0860. The third-order valence-electron chi connectivity index (χ3n) is 3.13. The predicted molar refractivity (Wildman–Crippen MR) is 75.5 cm³/mol. The van der Waals surface area contributed by atoms with Crippen LogP contribution in [0.25, 0.3) is 0 Å². The number of nitrogens with zero attached hydrogens (tertiary/aromatic N) is 1. The van der Waals surface area contributed by atoms with E-state index in [1.807, 2.05) is 0 Å². The largest absolute Gasteiger partial charge is 0.480 e. The van der Waals surface area contributed by atoms with Crippen molar-refractivity contribution in [1.29, 1.82) is 0 Å². The molecule has 128 valence electrons. The van der Waals surface area contributed by atoms with Crippen LogP contribution in [0.1, 0.15) is 18.1 Å². The zero-order valence-corrected chi connectivity index (χ0v) is 12.8. The van der Waals surface area contributed by atoms with Gasteiger partial charge in [-0.2, -0.15) is 13.2 Å². The number of benzene rings is 1. The Morgan fingerprint density at radius 3 is 2.26 bits per heavy atom. The van der Waals surface area contributed by atoms with Gasteiger partial charge in [0.15, 0.2) is 0 Å². The number of carbonyl (C=O) groups is 2. The summed E-state index contributed by atoms with van der Waals surface area (Å²) in [5, 5.41) is 8.90. The molecule has 0 saturated carbocycles. The van der Waals surface area contributed by atoms with Crippen LogP contribution in [0, 0.1) is 5.92 Å². The molecule has 1 aromatic rings. The summed E-state index contributed by atoms with van der Waals surface area (Å²) in [5.74, 6) is -2.18. The van der Waals surface area contributed by atoms with Crippen LogP contribution < -0.4 is 0 Å². The molecule has 1 rings (SSSR count). The number of amides is 1. The highest BCUT2D eigenvalue weighted by atomic mass is 19.4. The molecule has 0 aliphatic rings. The highest BCUT2D eigenvalue weighted by molar-refractivity contribution is 5.83. The topological polar surface area (TPSA) is 66.8 Å². The van der Waals surface area contributed by atoms with Gasteiger partial charge in [-0.1, -0.05) is 19.1 Å². The van der Waals surface area contributed by atoms with Crippen LogP contribution >= 0.6 is 0 Å². The molecule has 1 unspecified atom stereocenters. The lowest BCUT2D eigenvalue weighted by atomic mass is 10.1. The fourth-order valence-electron chi connectivity index (χ4n) is 2.03. The number of rotatable bonds is 7. The van der Waals surface area contributed by atoms with Crippen LogP contribution in [0.4, 0.5) is 13.2 Å². The van der Waals surface area contributed by atoms with Gasteiger partial charge >= 0.3 is 12.1 Å². The Morgan fingerprint density at radius 1 is 1.26 bits per heavy atom. The number of aliphatic carboxylic acids is 1. The third-order valence-corrected chi connectivity index (χ3v) is 3.13. The van der Waals surface area contributed by atoms with Crippen LogP contribution in [-0.2, 0) is 27.0 Å². The van der Waals surface area contributed by atoms with E-state index in [0.717, 1.165) is 17.0 Å². The number of alkyl halides is 3. The summed E-state index contributed by atoms with van der Waals surface area (Å²) in [4.78, 5) is 24.2. The number of hydrogen-bond donors (Lipinski definition) is 1. The average Bonchev–Trinajstić information content (AvgIpc) is 2.45. The Labute approximate surface area is 131 Å². The Hall–Kier alpha value is -2.09. The third kappa shape index (κ3) is 5.90. The van der Waals surface area contributed by atoms with Crippen LogP contribution in [0.15, 0.2) is 24.3 Å². The molecule has 0 aromatic heterocycles. The average molecular weight is 333 g/mol. The van der Waals surface area contributed by atoms with Crippen LogP contribution in [0.3, 0.4) is 0 Å². The van der Waals surface area contributed by atoms with Gasteiger partial charge in [-0.15, -0.1) is 0 Å². The number of ether oxygens (including phenoxy) is 1. The van der Waals surface area contributed by atoms with Gasteiger partial charge in [-0.25, -0.2) is 0 Å². The first kappa shape index (κ1) is 19.0. The van der Waals surface area contributed by atoms with E-state index in [0.29, 0.717) is 5.56 Å². The number of hydrogen-bond acceptors (Lipinski definition) is 3. The summed E-state index contributed by atoms with van der Waals surface area (Å²) < 4.78 is 42.4. The molecule has 1 aromatic carbocycles. The van der Waals surface area contributed by atoms with Crippen LogP contribution in [-0.4, -0.2) is 42.1 Å². The van der Waals surface area contributed by atoms with E-state index in [2.05, 4.69) is 0 Å². The molecule has 23 heavy (non-hydrogen) atoms. The molecule has 0 aliphatic carbocycles. The van der Waals surface area contributed by atoms with E-state index in [1.165, 1.54) is 19.2 Å². The lowest BCUT2D eigenvalue weighted by Crippen LogP contribution is -2.39. The fraction of sp³-hybridized carbons (Fsp3) is 0.467. The molecule has 1 N–H and O–H groups in total. The monoisotopic (exact) mass is 333 g/mol. The highest BCUT2D eigenvalue weighted by Crippen LogP contribution is 2.29. The van der Waals surface area contributed by atoms with Crippen molar-refractivity contribution in [3.8, 4) is 0 Å². The molecule has 1 atom stereocenters. The zero-order valence-electron chi connectivity index (χ0n) is 12.8. The molecular formula is C15H18F3NO4. The number of carboxylic acids is 1. The Morgan fingerprint density at radius 2 is 1.83 bits per heavy atom. The van der Waals surface area contributed by atoms with E-state index >= 15 is 0 Å². The van der Waals surface area contributed by atoms with E-state index in [1.54, 1.807) is 6.92 Å². The molecule has 5 nitrogen and oxygen atoms in total. The standard InChI is InChI=1S/C15H18F3NO4/c1-10(9-23-2)14(22)19(8-13(20)21)7-11-3-5-12(6-4-11)15(16,17)18/h3-6,10H,7-9H2,1-2H3,(H,20,21). The Bertz CT molecular complexity index is 543. The Kier molecular flexibility index (Phi) is 6.56. The summed E-state index contributed by atoms with van der Waals surface area (Å²) in [7, 11) is 1.42. The predicted octanol–water partition coefficient (Wildman–Crippen LogP) is 2.40. The molecule has 0 spiro atoms. The van der Waals surface area contributed by atoms with Crippen molar-refractivity contribution in [2.45, 2.75) is 19.6 Å². The number of carbonyl (C=O) groups excluding carboxylic acids is 1. The van der Waals surface area contributed by atoms with E-state index in [9.17, 15) is 22.8 Å². The van der Waals surface area contributed by atoms with E-state index < -0.39 is 36.1 Å². The molecule has 0 heterocycles. The second kappa shape index (κ2) is 7.96. The molecule has 0 saturated heterocycles. The van der Waals surface area contributed by atoms with Crippen molar-refractivity contribution in [3.63, 3.8) is 0 Å². The maximum atomic E-state index is 12.5. The van der Waals surface area contributed by atoms with Gasteiger partial charge in [0, 0.05) is 13.7 Å². The smallest absolute Gasteiger partial charge is 0.416 e. The lowest BCUT2D eigenvalue weighted by Gasteiger charge is -2.24. The normalized spacial score (nSPS) is 12.7. The molecule has 1 amide bonds. The Balaban J connectivity index is 2.88. The molecule has 0 aliphatic heterocycles. The van der Waals surface area contributed by atoms with Crippen molar-refractivity contribution in [1.82, 2.24) is 4.90 Å². The summed E-state index contributed by atoms with van der Waals surface area (Å²) in [5.41, 5.74) is -0.387. The van der Waals surface area contributed by atoms with E-state index in [4.69, 9.17) is 9.84 Å².